The molecular formula is C26H39N3O4. The van der Waals surface area contributed by atoms with E-state index in [0.29, 0.717) is 24.4 Å². The average Bonchev–Trinajstić information content (AvgIpc) is 3.43. The van der Waals surface area contributed by atoms with E-state index >= 15 is 0 Å². The molecule has 1 saturated heterocycles. The first-order chi connectivity index (χ1) is 15.9. The van der Waals surface area contributed by atoms with Crippen LogP contribution in [-0.4, -0.2) is 78.3 Å². The molecule has 3 rings (SSSR count). The van der Waals surface area contributed by atoms with Crippen LogP contribution in [0, 0.1) is 0 Å². The van der Waals surface area contributed by atoms with Gasteiger partial charge in [-0.1, -0.05) is 38.8 Å². The summed E-state index contributed by atoms with van der Waals surface area (Å²) in [7, 11) is 1.58. The molecule has 182 valence electrons. The number of imide groups is 1. The van der Waals surface area contributed by atoms with E-state index in [1.54, 1.807) is 7.11 Å². The van der Waals surface area contributed by atoms with Crippen LogP contribution in [0.2, 0.25) is 0 Å². The summed E-state index contributed by atoms with van der Waals surface area (Å²) in [5.41, 5.74) is -0.484. The Kier molecular flexibility index (Phi) is 8.51. The van der Waals surface area contributed by atoms with Crippen LogP contribution < -0.4 is 4.74 Å². The number of methoxy groups -OCH3 is 1. The molecule has 1 unspecified atom stereocenters. The average molecular weight is 458 g/mol. The van der Waals surface area contributed by atoms with Gasteiger partial charge in [-0.2, -0.15) is 0 Å². The molecule has 1 heterocycles. The van der Waals surface area contributed by atoms with Gasteiger partial charge < -0.3 is 14.5 Å². The van der Waals surface area contributed by atoms with E-state index in [0.717, 1.165) is 45.3 Å². The summed E-state index contributed by atoms with van der Waals surface area (Å²) < 4.78 is 5.40. The van der Waals surface area contributed by atoms with Crippen molar-refractivity contribution in [2.75, 3.05) is 39.8 Å². The van der Waals surface area contributed by atoms with Crippen molar-refractivity contribution in [3.05, 3.63) is 29.8 Å². The monoisotopic (exact) mass is 457 g/mol. The fraction of sp³-hybridized carbons (Fsp3) is 0.654. The quantitative estimate of drug-likeness (QED) is 0.477. The molecule has 1 saturated carbocycles. The van der Waals surface area contributed by atoms with Crippen molar-refractivity contribution < 1.29 is 19.1 Å². The molecule has 0 aromatic heterocycles. The summed E-state index contributed by atoms with van der Waals surface area (Å²) in [4.78, 5) is 46.2. The third-order valence-corrected chi connectivity index (χ3v) is 7.43. The first-order valence-corrected chi connectivity index (χ1v) is 12.4. The Bertz CT molecular complexity index is 848. The summed E-state index contributed by atoms with van der Waals surface area (Å²) in [6.45, 7) is 10.0. The fourth-order valence-electron chi connectivity index (χ4n) is 5.31. The summed E-state index contributed by atoms with van der Waals surface area (Å²) in [5, 5.41) is 0. The van der Waals surface area contributed by atoms with E-state index in [-0.39, 0.29) is 36.6 Å². The Balaban J connectivity index is 1.92. The number of likely N-dealkylation sites (N-methyl/N-ethyl adjacent to an activating group) is 2. The van der Waals surface area contributed by atoms with Gasteiger partial charge in [-0.15, -0.1) is 0 Å². The van der Waals surface area contributed by atoms with Crippen molar-refractivity contribution in [3.8, 4) is 5.75 Å². The van der Waals surface area contributed by atoms with Crippen LogP contribution >= 0.6 is 0 Å². The second-order valence-corrected chi connectivity index (χ2v) is 9.18. The summed E-state index contributed by atoms with van der Waals surface area (Å²) in [6.07, 6.45) is 3.80. The van der Waals surface area contributed by atoms with Crippen molar-refractivity contribution in [2.45, 2.75) is 70.8 Å². The lowest BCUT2D eigenvalue weighted by atomic mass is 9.75. The number of amides is 3. The third kappa shape index (κ3) is 5.24. The van der Waals surface area contributed by atoms with Gasteiger partial charge in [0, 0.05) is 38.5 Å². The first-order valence-electron chi connectivity index (χ1n) is 12.4. The molecule has 7 heteroatoms. The van der Waals surface area contributed by atoms with E-state index in [9.17, 15) is 14.4 Å². The molecule has 33 heavy (non-hydrogen) atoms. The predicted molar refractivity (Wildman–Crippen MR) is 128 cm³/mol. The van der Waals surface area contributed by atoms with Gasteiger partial charge in [-0.05, 0) is 50.6 Å². The van der Waals surface area contributed by atoms with Crippen molar-refractivity contribution in [2.24, 2.45) is 0 Å². The van der Waals surface area contributed by atoms with Crippen molar-refractivity contribution in [1.82, 2.24) is 14.7 Å². The van der Waals surface area contributed by atoms with Crippen molar-refractivity contribution in [1.29, 1.82) is 0 Å². The highest BCUT2D eigenvalue weighted by Gasteiger charge is 2.56. The highest BCUT2D eigenvalue weighted by molar-refractivity contribution is 6.11. The van der Waals surface area contributed by atoms with Gasteiger partial charge in [0.15, 0.2) is 0 Å². The number of nitrogens with zero attached hydrogens (tertiary/aromatic N) is 3. The number of ether oxygens (including phenoxy) is 1. The third-order valence-electron chi connectivity index (χ3n) is 7.43. The second-order valence-electron chi connectivity index (χ2n) is 9.18. The van der Waals surface area contributed by atoms with Gasteiger partial charge >= 0.3 is 0 Å². The molecule has 2 aliphatic rings. The number of carbonyl (C=O) groups is 3. The standard InChI is InChI=1S/C26H39N3O4/c1-5-27(6-2)15-16-28(7-3)23(30)18-26(20-11-10-14-22(17-20)33-4)19-24(31)29(25(26)32)21-12-8-9-13-21/h10-11,14,17,21H,5-9,12-13,15-16,18-19H2,1-4H3. The van der Waals surface area contributed by atoms with Crippen LogP contribution in [-0.2, 0) is 19.8 Å². The maximum atomic E-state index is 13.9. The minimum atomic E-state index is -1.17. The maximum absolute atomic E-state index is 13.9. The van der Waals surface area contributed by atoms with Gasteiger partial charge in [-0.3, -0.25) is 19.3 Å². The molecule has 0 spiro atoms. The van der Waals surface area contributed by atoms with E-state index in [4.69, 9.17) is 4.74 Å². The van der Waals surface area contributed by atoms with E-state index in [2.05, 4.69) is 18.7 Å². The van der Waals surface area contributed by atoms with Crippen molar-refractivity contribution in [3.63, 3.8) is 0 Å². The zero-order chi connectivity index (χ0) is 24.0. The predicted octanol–water partition coefficient (Wildman–Crippen LogP) is 3.21. The fourth-order valence-corrected chi connectivity index (χ4v) is 5.31. The van der Waals surface area contributed by atoms with Gasteiger partial charge in [0.25, 0.3) is 0 Å². The molecule has 7 nitrogen and oxygen atoms in total. The Morgan fingerprint density at radius 2 is 1.79 bits per heavy atom. The number of hydrogen-bond acceptors (Lipinski definition) is 5. The Hall–Kier alpha value is -2.41. The van der Waals surface area contributed by atoms with Crippen LogP contribution in [0.5, 0.6) is 5.75 Å². The Morgan fingerprint density at radius 1 is 1.09 bits per heavy atom. The molecule has 1 aliphatic carbocycles. The maximum Gasteiger partial charge on any atom is 0.241 e. The number of hydrogen-bond donors (Lipinski definition) is 0. The number of benzene rings is 1. The smallest absolute Gasteiger partial charge is 0.241 e. The normalized spacial score (nSPS) is 21.3. The van der Waals surface area contributed by atoms with Crippen LogP contribution in [0.1, 0.15) is 64.9 Å². The molecule has 0 bridgehead atoms. The summed E-state index contributed by atoms with van der Waals surface area (Å²) in [6, 6.07) is 7.26. The zero-order valence-corrected chi connectivity index (χ0v) is 20.6. The van der Waals surface area contributed by atoms with Crippen LogP contribution in [0.4, 0.5) is 0 Å². The number of likely N-dealkylation sites (tertiary alicyclic amines) is 1. The zero-order valence-electron chi connectivity index (χ0n) is 20.6. The first kappa shape index (κ1) is 25.2. The molecular weight excluding hydrogens is 418 g/mol. The minimum absolute atomic E-state index is 0.0000505. The highest BCUT2D eigenvalue weighted by atomic mass is 16.5. The van der Waals surface area contributed by atoms with E-state index < -0.39 is 5.41 Å². The van der Waals surface area contributed by atoms with Gasteiger partial charge in [0.1, 0.15) is 5.75 Å². The lowest BCUT2D eigenvalue weighted by molar-refractivity contribution is -0.144. The van der Waals surface area contributed by atoms with E-state index in [1.165, 1.54) is 4.90 Å². The number of rotatable bonds is 11. The molecule has 1 atom stereocenters. The minimum Gasteiger partial charge on any atom is -0.497 e. The molecule has 0 N–H and O–H groups in total. The Labute approximate surface area is 198 Å². The molecule has 3 amide bonds. The van der Waals surface area contributed by atoms with Gasteiger partial charge in [-0.25, -0.2) is 0 Å². The van der Waals surface area contributed by atoms with Crippen LogP contribution in [0.15, 0.2) is 24.3 Å². The lowest BCUT2D eigenvalue weighted by Crippen LogP contribution is -2.46. The SMILES string of the molecule is CCN(CC)CCN(CC)C(=O)CC1(c2cccc(OC)c2)CC(=O)N(C2CCCC2)C1=O. The summed E-state index contributed by atoms with van der Waals surface area (Å²) in [5.74, 6) is 0.157. The van der Waals surface area contributed by atoms with Crippen LogP contribution in [0.25, 0.3) is 0 Å². The molecule has 2 fully saturated rings. The molecule has 1 aliphatic heterocycles. The van der Waals surface area contributed by atoms with Gasteiger partial charge in [0.05, 0.1) is 12.5 Å². The largest absolute Gasteiger partial charge is 0.497 e. The number of carbonyl (C=O) groups excluding carboxylic acids is 3. The molecule has 1 aromatic carbocycles. The molecule has 0 radical (unpaired) electrons. The molecule has 1 aromatic rings. The summed E-state index contributed by atoms with van der Waals surface area (Å²) >= 11 is 0. The Morgan fingerprint density at radius 3 is 2.39 bits per heavy atom. The topological polar surface area (TPSA) is 70.2 Å². The second kappa shape index (κ2) is 11.1. The van der Waals surface area contributed by atoms with E-state index in [1.807, 2.05) is 36.1 Å². The van der Waals surface area contributed by atoms with Crippen molar-refractivity contribution >= 4 is 17.7 Å². The van der Waals surface area contributed by atoms with Crippen LogP contribution in [0.3, 0.4) is 0 Å². The lowest BCUT2D eigenvalue weighted by Gasteiger charge is -2.32. The highest BCUT2D eigenvalue weighted by Crippen LogP contribution is 2.43. The van der Waals surface area contributed by atoms with Gasteiger partial charge in [0.2, 0.25) is 17.7 Å².